The summed E-state index contributed by atoms with van der Waals surface area (Å²) in [7, 11) is 4.85. The lowest BCUT2D eigenvalue weighted by atomic mass is 10.3. The van der Waals surface area contributed by atoms with Crippen LogP contribution in [-0.2, 0) is 9.47 Å². The molecule has 0 saturated heterocycles. The molecule has 0 radical (unpaired) electrons. The monoisotopic (exact) mass is 289 g/mol. The molecule has 90 valence electrons. The van der Waals surface area contributed by atoms with Crippen molar-refractivity contribution in [1.29, 1.82) is 0 Å². The maximum absolute atomic E-state index is 5.20. The van der Waals surface area contributed by atoms with E-state index in [1.54, 1.807) is 21.3 Å². The van der Waals surface area contributed by atoms with Gasteiger partial charge in [0.25, 0.3) is 0 Å². The van der Waals surface area contributed by atoms with Crippen LogP contribution in [0.1, 0.15) is 0 Å². The molecule has 0 saturated carbocycles. The van der Waals surface area contributed by atoms with E-state index in [1.807, 2.05) is 18.2 Å². The van der Waals surface area contributed by atoms with Crippen molar-refractivity contribution in [1.82, 2.24) is 0 Å². The molecule has 0 aliphatic heterocycles. The lowest BCUT2D eigenvalue weighted by molar-refractivity contribution is -0.0914. The van der Waals surface area contributed by atoms with E-state index < -0.39 is 0 Å². The van der Waals surface area contributed by atoms with Gasteiger partial charge in [-0.05, 0) is 28.1 Å². The van der Waals surface area contributed by atoms with E-state index in [2.05, 4.69) is 21.2 Å². The molecule has 0 bridgehead atoms. The molecule has 0 aliphatic carbocycles. The predicted octanol–water partition coefficient (Wildman–Crippen LogP) is 2.49. The quantitative estimate of drug-likeness (QED) is 0.817. The maximum atomic E-state index is 5.20. The van der Waals surface area contributed by atoms with Crippen LogP contribution in [0.25, 0.3) is 0 Å². The van der Waals surface area contributed by atoms with E-state index in [1.165, 1.54) is 0 Å². The number of hydrogen-bond donors (Lipinski definition) is 1. The van der Waals surface area contributed by atoms with Crippen LogP contribution in [0.5, 0.6) is 5.75 Å². The fourth-order valence-corrected chi connectivity index (χ4v) is 1.64. The van der Waals surface area contributed by atoms with Gasteiger partial charge in [-0.15, -0.1) is 0 Å². The second-order valence-corrected chi connectivity index (χ2v) is 3.99. The second-order valence-electron chi connectivity index (χ2n) is 3.13. The minimum atomic E-state index is -0.255. The van der Waals surface area contributed by atoms with Crippen LogP contribution in [0.15, 0.2) is 22.7 Å². The summed E-state index contributed by atoms with van der Waals surface area (Å²) in [5.41, 5.74) is 0.958. The summed E-state index contributed by atoms with van der Waals surface area (Å²) in [6, 6.07) is 5.79. The second kappa shape index (κ2) is 6.73. The van der Waals surface area contributed by atoms with E-state index in [9.17, 15) is 0 Å². The molecule has 1 aromatic carbocycles. The minimum Gasteiger partial charge on any atom is -0.495 e. The van der Waals surface area contributed by atoms with Gasteiger partial charge in [-0.1, -0.05) is 0 Å². The highest BCUT2D eigenvalue weighted by molar-refractivity contribution is 9.10. The average Bonchev–Trinajstić information content (AvgIpc) is 2.32. The van der Waals surface area contributed by atoms with Crippen LogP contribution in [0, 0.1) is 0 Å². The Labute approximate surface area is 104 Å². The van der Waals surface area contributed by atoms with Gasteiger partial charge in [-0.25, -0.2) is 0 Å². The number of methoxy groups -OCH3 is 3. The van der Waals surface area contributed by atoms with Gasteiger partial charge in [-0.3, -0.25) is 0 Å². The van der Waals surface area contributed by atoms with Crippen LogP contribution >= 0.6 is 15.9 Å². The Morgan fingerprint density at radius 3 is 2.50 bits per heavy atom. The van der Waals surface area contributed by atoms with Crippen LogP contribution in [0.2, 0.25) is 0 Å². The zero-order valence-electron chi connectivity index (χ0n) is 9.62. The smallest absolute Gasteiger partial charge is 0.173 e. The van der Waals surface area contributed by atoms with Crippen molar-refractivity contribution in [3.05, 3.63) is 22.7 Å². The van der Waals surface area contributed by atoms with E-state index in [-0.39, 0.29) is 6.29 Å². The van der Waals surface area contributed by atoms with E-state index >= 15 is 0 Å². The molecule has 0 amide bonds. The van der Waals surface area contributed by atoms with Crippen molar-refractivity contribution in [2.24, 2.45) is 0 Å². The summed E-state index contributed by atoms with van der Waals surface area (Å²) in [5.74, 6) is 0.788. The Morgan fingerprint density at radius 1 is 1.25 bits per heavy atom. The lowest BCUT2D eigenvalue weighted by Gasteiger charge is -2.15. The van der Waals surface area contributed by atoms with Crippen LogP contribution in [0.3, 0.4) is 0 Å². The number of benzene rings is 1. The molecule has 0 fully saturated rings. The van der Waals surface area contributed by atoms with Crippen molar-refractivity contribution in [3.63, 3.8) is 0 Å². The van der Waals surface area contributed by atoms with Crippen molar-refractivity contribution in [2.45, 2.75) is 6.29 Å². The summed E-state index contributed by atoms with van der Waals surface area (Å²) < 4.78 is 16.3. The van der Waals surface area contributed by atoms with E-state index in [0.717, 1.165) is 15.9 Å². The highest BCUT2D eigenvalue weighted by Crippen LogP contribution is 2.27. The SMILES string of the molecule is COc1cc(NCC(OC)OC)ccc1Br. The Bertz CT molecular complexity index is 329. The van der Waals surface area contributed by atoms with Crippen LogP contribution < -0.4 is 10.1 Å². The fourth-order valence-electron chi connectivity index (χ4n) is 1.23. The third kappa shape index (κ3) is 3.66. The first-order chi connectivity index (χ1) is 7.71. The van der Waals surface area contributed by atoms with Crippen molar-refractivity contribution >= 4 is 21.6 Å². The first kappa shape index (κ1) is 13.3. The first-order valence-electron chi connectivity index (χ1n) is 4.84. The molecule has 1 N–H and O–H groups in total. The first-order valence-corrected chi connectivity index (χ1v) is 5.63. The summed E-state index contributed by atoms with van der Waals surface area (Å²) in [5, 5.41) is 3.20. The minimum absolute atomic E-state index is 0.255. The molecule has 0 aromatic heterocycles. The fraction of sp³-hybridized carbons (Fsp3) is 0.455. The number of anilines is 1. The van der Waals surface area contributed by atoms with E-state index in [0.29, 0.717) is 6.54 Å². The Morgan fingerprint density at radius 2 is 1.94 bits per heavy atom. The topological polar surface area (TPSA) is 39.7 Å². The summed E-state index contributed by atoms with van der Waals surface area (Å²) in [6.07, 6.45) is -0.255. The van der Waals surface area contributed by atoms with Gasteiger partial charge in [0.2, 0.25) is 0 Å². The average molecular weight is 290 g/mol. The van der Waals surface area contributed by atoms with E-state index in [4.69, 9.17) is 14.2 Å². The largest absolute Gasteiger partial charge is 0.495 e. The maximum Gasteiger partial charge on any atom is 0.173 e. The highest BCUT2D eigenvalue weighted by atomic mass is 79.9. The lowest BCUT2D eigenvalue weighted by Crippen LogP contribution is -2.23. The molecule has 0 spiro atoms. The van der Waals surface area contributed by atoms with Gasteiger partial charge in [0.15, 0.2) is 6.29 Å². The summed E-state index contributed by atoms with van der Waals surface area (Å²) in [6.45, 7) is 0.581. The van der Waals surface area contributed by atoms with Crippen LogP contribution in [0.4, 0.5) is 5.69 Å². The molecule has 0 heterocycles. The number of nitrogens with one attached hydrogen (secondary N) is 1. The van der Waals surface area contributed by atoms with Crippen molar-refractivity contribution in [2.75, 3.05) is 33.2 Å². The van der Waals surface area contributed by atoms with Gasteiger partial charge < -0.3 is 19.5 Å². The summed E-state index contributed by atoms with van der Waals surface area (Å²) in [4.78, 5) is 0. The zero-order valence-corrected chi connectivity index (χ0v) is 11.2. The number of hydrogen-bond acceptors (Lipinski definition) is 4. The molecule has 4 nitrogen and oxygen atoms in total. The standard InChI is InChI=1S/C11H16BrNO3/c1-14-10-6-8(4-5-9(10)12)13-7-11(15-2)16-3/h4-6,11,13H,7H2,1-3H3. The number of halogens is 1. The number of rotatable bonds is 6. The van der Waals surface area contributed by atoms with Crippen molar-refractivity contribution < 1.29 is 14.2 Å². The van der Waals surface area contributed by atoms with Gasteiger partial charge in [0.1, 0.15) is 5.75 Å². The predicted molar refractivity (Wildman–Crippen MR) is 67.0 cm³/mol. The van der Waals surface area contributed by atoms with Crippen LogP contribution in [-0.4, -0.2) is 34.2 Å². The molecule has 0 unspecified atom stereocenters. The third-order valence-electron chi connectivity index (χ3n) is 2.15. The Hall–Kier alpha value is -0.780. The molecular formula is C11H16BrNO3. The zero-order chi connectivity index (χ0) is 12.0. The Kier molecular flexibility index (Phi) is 5.59. The van der Waals surface area contributed by atoms with Gasteiger partial charge >= 0.3 is 0 Å². The molecule has 0 atom stereocenters. The number of ether oxygens (including phenoxy) is 3. The highest BCUT2D eigenvalue weighted by Gasteiger charge is 2.05. The molecule has 1 rings (SSSR count). The molecule has 16 heavy (non-hydrogen) atoms. The van der Waals surface area contributed by atoms with Gasteiger partial charge in [0, 0.05) is 26.0 Å². The van der Waals surface area contributed by atoms with Crippen molar-refractivity contribution in [3.8, 4) is 5.75 Å². The molecule has 0 aliphatic rings. The normalized spacial score (nSPS) is 10.6. The molecule has 5 heteroatoms. The van der Waals surface area contributed by atoms with Gasteiger partial charge in [0.05, 0.1) is 18.1 Å². The Balaban J connectivity index is 2.60. The summed E-state index contributed by atoms with van der Waals surface area (Å²) >= 11 is 3.40. The molecular weight excluding hydrogens is 274 g/mol. The third-order valence-corrected chi connectivity index (χ3v) is 2.80. The van der Waals surface area contributed by atoms with Gasteiger partial charge in [-0.2, -0.15) is 0 Å². The molecule has 1 aromatic rings.